The van der Waals surface area contributed by atoms with Gasteiger partial charge in [-0.1, -0.05) is 0 Å². The number of hydrogen-bond acceptors (Lipinski definition) is 3. The molecule has 13 heavy (non-hydrogen) atoms. The molecule has 0 aromatic rings. The second-order valence-electron chi connectivity index (χ2n) is 3.55. The van der Waals surface area contributed by atoms with Gasteiger partial charge in [0, 0.05) is 38.3 Å². The summed E-state index contributed by atoms with van der Waals surface area (Å²) >= 11 is 0. The van der Waals surface area contributed by atoms with Gasteiger partial charge in [-0.15, -0.1) is 0 Å². The first-order chi connectivity index (χ1) is 6.34. The fourth-order valence-corrected chi connectivity index (χ4v) is 1.53. The van der Waals surface area contributed by atoms with Gasteiger partial charge in [0.25, 0.3) is 0 Å². The van der Waals surface area contributed by atoms with E-state index in [0.29, 0.717) is 12.1 Å². The molecule has 0 saturated carbocycles. The van der Waals surface area contributed by atoms with Gasteiger partial charge >= 0.3 is 0 Å². The quantitative estimate of drug-likeness (QED) is 0.476. The van der Waals surface area contributed by atoms with Gasteiger partial charge in [0.15, 0.2) is 0 Å². The lowest BCUT2D eigenvalue weighted by atomic mass is 10.1. The Balaban J connectivity index is 2.09. The maximum Gasteiger partial charge on any atom is 0.0383 e. The zero-order valence-electron chi connectivity index (χ0n) is 8.42. The number of rotatable bonds is 5. The van der Waals surface area contributed by atoms with Crippen molar-refractivity contribution in [2.75, 3.05) is 32.7 Å². The predicted molar refractivity (Wildman–Crippen MR) is 54.8 cm³/mol. The highest BCUT2D eigenvalue weighted by atomic mass is 15.1. The molecule has 1 saturated heterocycles. The summed E-state index contributed by atoms with van der Waals surface area (Å²) in [4.78, 5) is 0. The molecule has 1 fully saturated rings. The first kappa shape index (κ1) is 10.9. The summed E-state index contributed by atoms with van der Waals surface area (Å²) in [7, 11) is 0. The van der Waals surface area contributed by atoms with E-state index in [4.69, 9.17) is 5.73 Å². The van der Waals surface area contributed by atoms with Crippen molar-refractivity contribution in [3.05, 3.63) is 0 Å². The highest BCUT2D eigenvalue weighted by molar-refractivity contribution is 4.83. The van der Waals surface area contributed by atoms with Gasteiger partial charge in [0.05, 0.1) is 0 Å². The minimum absolute atomic E-state index is 0.402. The molecular formula is C9H21N4. The Bertz CT molecular complexity index is 123. The van der Waals surface area contributed by atoms with Crippen LogP contribution >= 0.6 is 0 Å². The summed E-state index contributed by atoms with van der Waals surface area (Å²) in [5, 5.41) is 11.4. The van der Waals surface area contributed by atoms with Gasteiger partial charge in [0.2, 0.25) is 0 Å². The van der Waals surface area contributed by atoms with E-state index in [-0.39, 0.29) is 0 Å². The molecule has 1 aliphatic rings. The van der Waals surface area contributed by atoms with Gasteiger partial charge in [0.1, 0.15) is 0 Å². The van der Waals surface area contributed by atoms with Crippen LogP contribution in [0.5, 0.6) is 0 Å². The molecule has 2 unspecified atom stereocenters. The molecule has 0 aromatic carbocycles. The van der Waals surface area contributed by atoms with Gasteiger partial charge in [-0.05, 0) is 19.9 Å². The Labute approximate surface area is 80.6 Å². The predicted octanol–water partition coefficient (Wildman–Crippen LogP) is -1.11. The van der Waals surface area contributed by atoms with Crippen LogP contribution in [-0.4, -0.2) is 44.8 Å². The average molecular weight is 185 g/mol. The molecule has 1 heterocycles. The third-order valence-corrected chi connectivity index (χ3v) is 2.43. The summed E-state index contributed by atoms with van der Waals surface area (Å²) in [5.41, 5.74) is 5.41. The number of hydrogen-bond donors (Lipinski definition) is 3. The molecular weight excluding hydrogens is 164 g/mol. The molecule has 4 N–H and O–H groups in total. The van der Waals surface area contributed by atoms with E-state index in [0.717, 1.165) is 39.1 Å². The molecule has 0 spiro atoms. The minimum atomic E-state index is 0.402. The number of nitrogens with two attached hydrogens (primary N) is 1. The lowest BCUT2D eigenvalue weighted by Gasteiger charge is -2.29. The molecule has 4 nitrogen and oxygen atoms in total. The normalized spacial score (nSPS) is 25.8. The van der Waals surface area contributed by atoms with Gasteiger partial charge in [-0.25, -0.2) is 5.32 Å². The van der Waals surface area contributed by atoms with E-state index in [1.807, 2.05) is 0 Å². The Morgan fingerprint density at radius 1 is 1.54 bits per heavy atom. The molecule has 1 radical (unpaired) electrons. The van der Waals surface area contributed by atoms with Crippen LogP contribution in [0.15, 0.2) is 0 Å². The maximum absolute atomic E-state index is 5.41. The van der Waals surface area contributed by atoms with Crippen LogP contribution in [0.3, 0.4) is 0 Å². The Morgan fingerprint density at radius 2 is 2.38 bits per heavy atom. The van der Waals surface area contributed by atoms with Crippen LogP contribution in [0.4, 0.5) is 0 Å². The topological polar surface area (TPSA) is 64.2 Å². The fraction of sp³-hybridized carbons (Fsp3) is 1.00. The molecule has 0 amide bonds. The largest absolute Gasteiger partial charge is 0.330 e. The second kappa shape index (κ2) is 6.32. The first-order valence-corrected chi connectivity index (χ1v) is 5.15. The van der Waals surface area contributed by atoms with Crippen LogP contribution in [0, 0.1) is 0 Å². The smallest absolute Gasteiger partial charge is 0.0383 e. The lowest BCUT2D eigenvalue weighted by molar-refractivity contribution is 0.335. The standard InChI is InChI=1S/C9H21N4/c1-8(12-4-2-3-10)9-7-11-5-6-13-9/h8-9,11,13H,2-7,10H2,1H3. The molecule has 2 atom stereocenters. The summed E-state index contributed by atoms with van der Waals surface area (Å²) in [6.07, 6.45) is 1.00. The Kier molecular flexibility index (Phi) is 5.31. The van der Waals surface area contributed by atoms with Crippen molar-refractivity contribution in [3.8, 4) is 0 Å². The van der Waals surface area contributed by atoms with Crippen molar-refractivity contribution >= 4 is 0 Å². The van der Waals surface area contributed by atoms with Crippen molar-refractivity contribution in [1.29, 1.82) is 0 Å². The fourth-order valence-electron chi connectivity index (χ4n) is 1.53. The molecule has 0 aliphatic carbocycles. The summed E-state index contributed by atoms with van der Waals surface area (Å²) < 4.78 is 0. The van der Waals surface area contributed by atoms with Crippen molar-refractivity contribution in [1.82, 2.24) is 16.0 Å². The third-order valence-electron chi connectivity index (χ3n) is 2.43. The molecule has 1 aliphatic heterocycles. The summed E-state index contributed by atoms with van der Waals surface area (Å²) in [5.74, 6) is 0. The molecule has 1 rings (SSSR count). The van der Waals surface area contributed by atoms with Crippen LogP contribution in [0.1, 0.15) is 13.3 Å². The van der Waals surface area contributed by atoms with Crippen LogP contribution in [0.25, 0.3) is 0 Å². The number of piperazine rings is 1. The molecule has 77 valence electrons. The first-order valence-electron chi connectivity index (χ1n) is 5.15. The molecule has 4 heteroatoms. The van der Waals surface area contributed by atoms with Crippen molar-refractivity contribution in [2.24, 2.45) is 5.73 Å². The summed E-state index contributed by atoms with van der Waals surface area (Å²) in [6.45, 7) is 6.98. The lowest BCUT2D eigenvalue weighted by Crippen LogP contribution is -2.55. The molecule has 0 aromatic heterocycles. The van der Waals surface area contributed by atoms with E-state index < -0.39 is 0 Å². The number of nitrogens with zero attached hydrogens (tertiary/aromatic N) is 1. The van der Waals surface area contributed by atoms with Crippen LogP contribution < -0.4 is 21.7 Å². The average Bonchev–Trinajstić information content (AvgIpc) is 2.19. The van der Waals surface area contributed by atoms with Gasteiger partial charge < -0.3 is 16.4 Å². The van der Waals surface area contributed by atoms with Crippen molar-refractivity contribution in [2.45, 2.75) is 25.4 Å². The second-order valence-corrected chi connectivity index (χ2v) is 3.55. The van der Waals surface area contributed by atoms with Gasteiger partial charge in [-0.3, -0.25) is 0 Å². The van der Waals surface area contributed by atoms with Crippen molar-refractivity contribution in [3.63, 3.8) is 0 Å². The van der Waals surface area contributed by atoms with Crippen molar-refractivity contribution < 1.29 is 0 Å². The highest BCUT2D eigenvalue weighted by Crippen LogP contribution is 1.96. The SMILES string of the molecule is CC([N]CCCN)C1CNCCN1. The zero-order chi connectivity index (χ0) is 9.52. The third kappa shape index (κ3) is 4.04. The Hall–Kier alpha value is -0.160. The molecule has 0 bridgehead atoms. The Morgan fingerprint density at radius 3 is 3.00 bits per heavy atom. The zero-order valence-corrected chi connectivity index (χ0v) is 8.42. The van der Waals surface area contributed by atoms with Crippen LogP contribution in [0.2, 0.25) is 0 Å². The van der Waals surface area contributed by atoms with Crippen LogP contribution in [-0.2, 0) is 0 Å². The van der Waals surface area contributed by atoms with E-state index in [9.17, 15) is 0 Å². The highest BCUT2D eigenvalue weighted by Gasteiger charge is 2.18. The van der Waals surface area contributed by atoms with E-state index >= 15 is 0 Å². The van der Waals surface area contributed by atoms with E-state index in [2.05, 4.69) is 22.9 Å². The minimum Gasteiger partial charge on any atom is -0.330 e. The maximum atomic E-state index is 5.41. The number of nitrogens with one attached hydrogen (secondary N) is 2. The summed E-state index contributed by atoms with van der Waals surface area (Å²) in [6, 6.07) is 0.908. The van der Waals surface area contributed by atoms with E-state index in [1.165, 1.54) is 0 Å². The van der Waals surface area contributed by atoms with Gasteiger partial charge in [-0.2, -0.15) is 0 Å². The monoisotopic (exact) mass is 185 g/mol. The van der Waals surface area contributed by atoms with E-state index in [1.54, 1.807) is 0 Å².